The average Bonchev–Trinajstić information content (AvgIpc) is 2.42. The molecule has 0 unspecified atom stereocenters. The van der Waals surface area contributed by atoms with Crippen LogP contribution in [0, 0.1) is 0 Å². The third-order valence-corrected chi connectivity index (χ3v) is 3.38. The molecule has 0 fully saturated rings. The van der Waals surface area contributed by atoms with E-state index < -0.39 is 0 Å². The molecule has 0 saturated heterocycles. The van der Waals surface area contributed by atoms with Crippen LogP contribution in [-0.4, -0.2) is 32.4 Å². The maximum Gasteiger partial charge on any atom is 0.119 e. The largest absolute Gasteiger partial charge is 0.492 e. The lowest BCUT2D eigenvalue weighted by molar-refractivity contribution is 0.202. The standard InChI is InChI=1S/C16H27NO2/c1-5-16(2,3)17-11-13-19-15-8-6-14(7-9-15)10-12-18-4/h6-9,17H,5,10-13H2,1-4H3. The second kappa shape index (κ2) is 8.18. The van der Waals surface area contributed by atoms with Crippen LogP contribution in [0.4, 0.5) is 0 Å². The van der Waals surface area contributed by atoms with Crippen LogP contribution in [0.25, 0.3) is 0 Å². The molecule has 0 atom stereocenters. The van der Waals surface area contributed by atoms with Gasteiger partial charge in [-0.1, -0.05) is 19.1 Å². The van der Waals surface area contributed by atoms with Crippen molar-refractivity contribution in [3.05, 3.63) is 29.8 Å². The molecule has 1 N–H and O–H groups in total. The van der Waals surface area contributed by atoms with Crippen molar-refractivity contribution in [1.82, 2.24) is 5.32 Å². The van der Waals surface area contributed by atoms with E-state index in [9.17, 15) is 0 Å². The van der Waals surface area contributed by atoms with Gasteiger partial charge in [0.25, 0.3) is 0 Å². The number of hydrogen-bond acceptors (Lipinski definition) is 3. The summed E-state index contributed by atoms with van der Waals surface area (Å²) >= 11 is 0. The van der Waals surface area contributed by atoms with Gasteiger partial charge >= 0.3 is 0 Å². The summed E-state index contributed by atoms with van der Waals surface area (Å²) in [6.07, 6.45) is 2.06. The number of benzene rings is 1. The molecule has 0 saturated carbocycles. The van der Waals surface area contributed by atoms with Crippen LogP contribution in [-0.2, 0) is 11.2 Å². The van der Waals surface area contributed by atoms with Crippen LogP contribution >= 0.6 is 0 Å². The van der Waals surface area contributed by atoms with Gasteiger partial charge in [0.1, 0.15) is 12.4 Å². The van der Waals surface area contributed by atoms with E-state index in [0.717, 1.165) is 31.7 Å². The van der Waals surface area contributed by atoms with Gasteiger partial charge in [0.05, 0.1) is 6.61 Å². The Bertz CT molecular complexity index is 346. The fraction of sp³-hybridized carbons (Fsp3) is 0.625. The number of hydrogen-bond donors (Lipinski definition) is 1. The van der Waals surface area contributed by atoms with Crippen LogP contribution in [0.3, 0.4) is 0 Å². The minimum Gasteiger partial charge on any atom is -0.492 e. The van der Waals surface area contributed by atoms with E-state index in [1.165, 1.54) is 5.56 Å². The average molecular weight is 265 g/mol. The molecule has 0 aliphatic carbocycles. The van der Waals surface area contributed by atoms with Gasteiger partial charge < -0.3 is 14.8 Å². The highest BCUT2D eigenvalue weighted by atomic mass is 16.5. The third kappa shape index (κ3) is 6.60. The van der Waals surface area contributed by atoms with Crippen molar-refractivity contribution < 1.29 is 9.47 Å². The predicted molar refractivity (Wildman–Crippen MR) is 79.9 cm³/mol. The Hall–Kier alpha value is -1.06. The fourth-order valence-corrected chi connectivity index (χ4v) is 1.66. The topological polar surface area (TPSA) is 30.5 Å². The van der Waals surface area contributed by atoms with Crippen LogP contribution in [0.2, 0.25) is 0 Å². The van der Waals surface area contributed by atoms with Crippen molar-refractivity contribution in [1.29, 1.82) is 0 Å². The Labute approximate surface area is 117 Å². The highest BCUT2D eigenvalue weighted by molar-refractivity contribution is 5.27. The van der Waals surface area contributed by atoms with Crippen LogP contribution < -0.4 is 10.1 Å². The predicted octanol–water partition coefficient (Wildman–Crippen LogP) is 3.03. The first-order chi connectivity index (χ1) is 9.07. The molecule has 19 heavy (non-hydrogen) atoms. The van der Waals surface area contributed by atoms with Crippen molar-refractivity contribution in [2.24, 2.45) is 0 Å². The summed E-state index contributed by atoms with van der Waals surface area (Å²) in [5, 5.41) is 3.48. The van der Waals surface area contributed by atoms with Crippen molar-refractivity contribution in [3.63, 3.8) is 0 Å². The first-order valence-electron chi connectivity index (χ1n) is 7.03. The Morgan fingerprint density at radius 1 is 1.11 bits per heavy atom. The Morgan fingerprint density at radius 2 is 1.79 bits per heavy atom. The molecule has 0 aliphatic rings. The fourth-order valence-electron chi connectivity index (χ4n) is 1.66. The van der Waals surface area contributed by atoms with Gasteiger partial charge in [-0.15, -0.1) is 0 Å². The van der Waals surface area contributed by atoms with E-state index >= 15 is 0 Å². The zero-order chi connectivity index (χ0) is 14.1. The Morgan fingerprint density at radius 3 is 2.37 bits per heavy atom. The van der Waals surface area contributed by atoms with Crippen molar-refractivity contribution in [2.45, 2.75) is 39.2 Å². The third-order valence-electron chi connectivity index (χ3n) is 3.38. The maximum absolute atomic E-state index is 5.71. The molecule has 0 bridgehead atoms. The molecule has 0 heterocycles. The molecular formula is C16H27NO2. The SMILES string of the molecule is CCC(C)(C)NCCOc1ccc(CCOC)cc1. The minimum absolute atomic E-state index is 0.188. The number of nitrogens with one attached hydrogen (secondary N) is 1. The van der Waals surface area contributed by atoms with Crippen LogP contribution in [0.15, 0.2) is 24.3 Å². The maximum atomic E-state index is 5.71. The zero-order valence-electron chi connectivity index (χ0n) is 12.7. The molecule has 0 spiro atoms. The van der Waals surface area contributed by atoms with Gasteiger partial charge in [-0.3, -0.25) is 0 Å². The molecule has 0 radical (unpaired) electrons. The van der Waals surface area contributed by atoms with Crippen molar-refractivity contribution >= 4 is 0 Å². The van der Waals surface area contributed by atoms with E-state index in [4.69, 9.17) is 9.47 Å². The summed E-state index contributed by atoms with van der Waals surface area (Å²) in [4.78, 5) is 0. The summed E-state index contributed by atoms with van der Waals surface area (Å²) in [6, 6.07) is 8.24. The molecule has 1 aromatic carbocycles. The van der Waals surface area contributed by atoms with Crippen LogP contribution in [0.1, 0.15) is 32.8 Å². The first-order valence-corrected chi connectivity index (χ1v) is 7.03. The smallest absolute Gasteiger partial charge is 0.119 e. The van der Waals surface area contributed by atoms with E-state index in [-0.39, 0.29) is 5.54 Å². The summed E-state index contributed by atoms with van der Waals surface area (Å²) < 4.78 is 10.8. The molecule has 0 amide bonds. The summed E-state index contributed by atoms with van der Waals surface area (Å²) in [5.41, 5.74) is 1.47. The Balaban J connectivity index is 2.26. The normalized spacial score (nSPS) is 11.6. The van der Waals surface area contributed by atoms with Crippen molar-refractivity contribution in [3.8, 4) is 5.75 Å². The molecule has 3 heteroatoms. The lowest BCUT2D eigenvalue weighted by atomic mass is 10.0. The molecule has 3 nitrogen and oxygen atoms in total. The van der Waals surface area contributed by atoms with Gasteiger partial charge in [0.2, 0.25) is 0 Å². The highest BCUT2D eigenvalue weighted by Crippen LogP contribution is 2.12. The van der Waals surface area contributed by atoms with Gasteiger partial charge in [-0.25, -0.2) is 0 Å². The number of ether oxygens (including phenoxy) is 2. The summed E-state index contributed by atoms with van der Waals surface area (Å²) in [6.45, 7) is 8.92. The van der Waals surface area contributed by atoms with Crippen molar-refractivity contribution in [2.75, 3.05) is 26.9 Å². The van der Waals surface area contributed by atoms with Gasteiger partial charge in [0, 0.05) is 19.2 Å². The van der Waals surface area contributed by atoms with E-state index in [1.54, 1.807) is 7.11 Å². The monoisotopic (exact) mass is 265 g/mol. The zero-order valence-corrected chi connectivity index (χ0v) is 12.7. The van der Waals surface area contributed by atoms with Crippen LogP contribution in [0.5, 0.6) is 5.75 Å². The lowest BCUT2D eigenvalue weighted by Crippen LogP contribution is -2.40. The summed E-state index contributed by atoms with van der Waals surface area (Å²) in [5.74, 6) is 0.928. The van der Waals surface area contributed by atoms with Gasteiger partial charge in [0.15, 0.2) is 0 Å². The minimum atomic E-state index is 0.188. The number of rotatable bonds is 9. The first kappa shape index (κ1) is 16.0. The van der Waals surface area contributed by atoms with E-state index in [0.29, 0.717) is 6.61 Å². The molecule has 108 valence electrons. The highest BCUT2D eigenvalue weighted by Gasteiger charge is 2.12. The molecular weight excluding hydrogens is 238 g/mol. The summed E-state index contributed by atoms with van der Waals surface area (Å²) in [7, 11) is 1.72. The molecule has 1 rings (SSSR count). The Kier molecular flexibility index (Phi) is 6.89. The molecule has 0 aromatic heterocycles. The quantitative estimate of drug-likeness (QED) is 0.696. The lowest BCUT2D eigenvalue weighted by Gasteiger charge is -2.24. The van der Waals surface area contributed by atoms with E-state index in [1.807, 2.05) is 12.1 Å². The second-order valence-electron chi connectivity index (χ2n) is 5.40. The molecule has 0 aliphatic heterocycles. The van der Waals surface area contributed by atoms with Gasteiger partial charge in [-0.05, 0) is 44.4 Å². The van der Waals surface area contributed by atoms with E-state index in [2.05, 4.69) is 38.2 Å². The van der Waals surface area contributed by atoms with Gasteiger partial charge in [-0.2, -0.15) is 0 Å². The number of methoxy groups -OCH3 is 1. The second-order valence-corrected chi connectivity index (χ2v) is 5.40. The molecule has 1 aromatic rings.